The number of esters is 1. The summed E-state index contributed by atoms with van der Waals surface area (Å²) in [6, 6.07) is 0. The lowest BCUT2D eigenvalue weighted by Gasteiger charge is -2.16. The Bertz CT molecular complexity index is 310. The fourth-order valence-corrected chi connectivity index (χ4v) is 0.842. The maximum absolute atomic E-state index is 11.0. The first-order valence-corrected chi connectivity index (χ1v) is 5.62. The standard InChI is InChI=1S/C14H22O2/c1-6-16-13(15)11-9-7-8-10-12(2)14(3,4)5/h7-9H,6,11H2,1-5H3/b9-7+. The molecule has 90 valence electrons. The Kier molecular flexibility index (Phi) is 6.52. The summed E-state index contributed by atoms with van der Waals surface area (Å²) in [4.78, 5) is 11.0. The number of carbonyl (C=O) groups is 1. The molecule has 0 N–H and O–H groups in total. The highest BCUT2D eigenvalue weighted by atomic mass is 16.5. The third-order valence-electron chi connectivity index (χ3n) is 2.25. The molecular weight excluding hydrogens is 200 g/mol. The average Bonchev–Trinajstić information content (AvgIpc) is 2.16. The topological polar surface area (TPSA) is 26.3 Å². The molecule has 2 heteroatoms. The first-order chi connectivity index (χ1) is 7.38. The molecule has 0 amide bonds. The summed E-state index contributed by atoms with van der Waals surface area (Å²) in [5, 5.41) is 0. The summed E-state index contributed by atoms with van der Waals surface area (Å²) >= 11 is 0. The molecule has 0 bridgehead atoms. The van der Waals surface area contributed by atoms with Crippen molar-refractivity contribution in [1.29, 1.82) is 0 Å². The van der Waals surface area contributed by atoms with Crippen LogP contribution in [0.5, 0.6) is 0 Å². The zero-order valence-electron chi connectivity index (χ0n) is 11.0. The Labute approximate surface area is 98.7 Å². The summed E-state index contributed by atoms with van der Waals surface area (Å²) in [5.41, 5.74) is 4.51. The molecule has 0 aliphatic heterocycles. The molecule has 0 aliphatic carbocycles. The van der Waals surface area contributed by atoms with E-state index in [0.29, 0.717) is 13.0 Å². The molecule has 0 aromatic rings. The fraction of sp³-hybridized carbons (Fsp3) is 0.571. The number of allylic oxidation sites excluding steroid dienone is 2. The Morgan fingerprint density at radius 3 is 2.50 bits per heavy atom. The largest absolute Gasteiger partial charge is 0.466 e. The van der Waals surface area contributed by atoms with Gasteiger partial charge in [0, 0.05) is 0 Å². The highest BCUT2D eigenvalue weighted by Crippen LogP contribution is 2.22. The van der Waals surface area contributed by atoms with Crippen molar-refractivity contribution in [2.24, 2.45) is 5.41 Å². The molecule has 0 aliphatic rings. The maximum atomic E-state index is 11.0. The minimum atomic E-state index is -0.191. The van der Waals surface area contributed by atoms with Gasteiger partial charge in [-0.25, -0.2) is 0 Å². The van der Waals surface area contributed by atoms with Gasteiger partial charge in [-0.05, 0) is 30.9 Å². The van der Waals surface area contributed by atoms with E-state index in [2.05, 4.69) is 33.4 Å². The van der Waals surface area contributed by atoms with Crippen molar-refractivity contribution in [3.63, 3.8) is 0 Å². The second kappa shape index (κ2) is 7.08. The third-order valence-corrected chi connectivity index (χ3v) is 2.25. The van der Waals surface area contributed by atoms with Crippen LogP contribution in [0, 0.1) is 5.41 Å². The Hall–Kier alpha value is -1.27. The minimum Gasteiger partial charge on any atom is -0.466 e. The molecule has 0 rings (SSSR count). The van der Waals surface area contributed by atoms with Gasteiger partial charge in [-0.2, -0.15) is 0 Å². The number of ether oxygens (including phenoxy) is 1. The van der Waals surface area contributed by atoms with Crippen molar-refractivity contribution in [2.75, 3.05) is 6.61 Å². The van der Waals surface area contributed by atoms with Gasteiger partial charge >= 0.3 is 5.97 Å². The lowest BCUT2D eigenvalue weighted by Crippen LogP contribution is -2.04. The van der Waals surface area contributed by atoms with Gasteiger partial charge in [0.15, 0.2) is 0 Å². The first kappa shape index (κ1) is 14.7. The van der Waals surface area contributed by atoms with Crippen LogP contribution in [-0.4, -0.2) is 12.6 Å². The predicted octanol–water partition coefficient (Wildman–Crippen LogP) is 3.64. The van der Waals surface area contributed by atoms with Crippen LogP contribution in [-0.2, 0) is 9.53 Å². The summed E-state index contributed by atoms with van der Waals surface area (Å²) in [5.74, 6) is -0.191. The number of hydrogen-bond acceptors (Lipinski definition) is 2. The lowest BCUT2D eigenvalue weighted by molar-refractivity contribution is -0.142. The molecule has 0 fully saturated rings. The normalized spacial score (nSPS) is 11.1. The van der Waals surface area contributed by atoms with Crippen molar-refractivity contribution in [3.8, 4) is 0 Å². The van der Waals surface area contributed by atoms with E-state index in [1.54, 1.807) is 13.0 Å². The smallest absolute Gasteiger partial charge is 0.309 e. The van der Waals surface area contributed by atoms with Crippen LogP contribution in [0.2, 0.25) is 0 Å². The molecule has 0 saturated heterocycles. The molecule has 0 heterocycles. The van der Waals surface area contributed by atoms with Crippen LogP contribution in [0.3, 0.4) is 0 Å². The number of hydrogen-bond donors (Lipinski definition) is 0. The van der Waals surface area contributed by atoms with Crippen molar-refractivity contribution >= 4 is 5.97 Å². The van der Waals surface area contributed by atoms with Crippen LogP contribution in [0.25, 0.3) is 0 Å². The molecule has 0 spiro atoms. The van der Waals surface area contributed by atoms with Gasteiger partial charge in [-0.1, -0.05) is 32.9 Å². The summed E-state index contributed by atoms with van der Waals surface area (Å²) in [6.45, 7) is 10.7. The Morgan fingerprint density at radius 2 is 2.00 bits per heavy atom. The van der Waals surface area contributed by atoms with E-state index < -0.39 is 0 Å². The quantitative estimate of drug-likeness (QED) is 0.412. The SMILES string of the molecule is CCOC(=O)C/C=C/C=C=C(C)C(C)(C)C. The van der Waals surface area contributed by atoms with E-state index in [1.807, 2.05) is 12.2 Å². The molecule has 0 radical (unpaired) electrons. The summed E-state index contributed by atoms with van der Waals surface area (Å²) < 4.78 is 4.79. The highest BCUT2D eigenvalue weighted by molar-refractivity contribution is 5.71. The van der Waals surface area contributed by atoms with Crippen molar-refractivity contribution < 1.29 is 9.53 Å². The first-order valence-electron chi connectivity index (χ1n) is 5.62. The van der Waals surface area contributed by atoms with Gasteiger partial charge in [-0.3, -0.25) is 4.79 Å². The van der Waals surface area contributed by atoms with Crippen molar-refractivity contribution in [2.45, 2.75) is 41.0 Å². The molecule has 16 heavy (non-hydrogen) atoms. The third kappa shape index (κ3) is 7.08. The fourth-order valence-electron chi connectivity index (χ4n) is 0.842. The van der Waals surface area contributed by atoms with Crippen molar-refractivity contribution in [1.82, 2.24) is 0 Å². The van der Waals surface area contributed by atoms with E-state index in [0.717, 1.165) is 0 Å². The van der Waals surface area contributed by atoms with E-state index in [4.69, 9.17) is 4.74 Å². The maximum Gasteiger partial charge on any atom is 0.309 e. The predicted molar refractivity (Wildman–Crippen MR) is 67.1 cm³/mol. The van der Waals surface area contributed by atoms with Gasteiger partial charge < -0.3 is 4.74 Å². The molecule has 0 saturated carbocycles. The summed E-state index contributed by atoms with van der Waals surface area (Å²) in [6.07, 6.45) is 5.76. The van der Waals surface area contributed by atoms with Gasteiger partial charge in [0.2, 0.25) is 0 Å². The molecule has 0 unspecified atom stereocenters. The Balaban J connectivity index is 4.19. The second-order valence-electron chi connectivity index (χ2n) is 4.62. The average molecular weight is 222 g/mol. The van der Waals surface area contributed by atoms with Crippen LogP contribution in [0.15, 0.2) is 29.5 Å². The van der Waals surface area contributed by atoms with Crippen LogP contribution in [0.1, 0.15) is 41.0 Å². The van der Waals surface area contributed by atoms with Crippen molar-refractivity contribution in [3.05, 3.63) is 29.5 Å². The summed E-state index contributed by atoms with van der Waals surface area (Å²) in [7, 11) is 0. The van der Waals surface area contributed by atoms with Gasteiger partial charge in [0.05, 0.1) is 13.0 Å². The van der Waals surface area contributed by atoms with E-state index in [-0.39, 0.29) is 11.4 Å². The van der Waals surface area contributed by atoms with Gasteiger partial charge in [-0.15, -0.1) is 5.73 Å². The van der Waals surface area contributed by atoms with E-state index >= 15 is 0 Å². The van der Waals surface area contributed by atoms with E-state index in [1.165, 1.54) is 5.57 Å². The Morgan fingerprint density at radius 1 is 1.38 bits per heavy atom. The molecule has 0 aromatic heterocycles. The zero-order chi connectivity index (χ0) is 12.6. The zero-order valence-corrected chi connectivity index (χ0v) is 11.0. The van der Waals surface area contributed by atoms with Crippen LogP contribution >= 0.6 is 0 Å². The van der Waals surface area contributed by atoms with E-state index in [9.17, 15) is 4.79 Å². The van der Waals surface area contributed by atoms with Crippen LogP contribution < -0.4 is 0 Å². The highest BCUT2D eigenvalue weighted by Gasteiger charge is 2.10. The monoisotopic (exact) mass is 222 g/mol. The van der Waals surface area contributed by atoms with Crippen LogP contribution in [0.4, 0.5) is 0 Å². The molecular formula is C14H22O2. The van der Waals surface area contributed by atoms with Gasteiger partial charge in [0.1, 0.15) is 0 Å². The minimum absolute atomic E-state index is 0.144. The molecule has 2 nitrogen and oxygen atoms in total. The lowest BCUT2D eigenvalue weighted by atomic mass is 9.88. The number of rotatable bonds is 4. The second-order valence-corrected chi connectivity index (χ2v) is 4.62. The van der Waals surface area contributed by atoms with Gasteiger partial charge in [0.25, 0.3) is 0 Å². The number of carbonyl (C=O) groups excluding carboxylic acids is 1. The molecule has 0 aromatic carbocycles. The molecule has 0 atom stereocenters.